The molecule has 0 aliphatic heterocycles. The topological polar surface area (TPSA) is 80.9 Å². The number of aromatic nitrogens is 3. The van der Waals surface area contributed by atoms with Crippen LogP contribution in [0.25, 0.3) is 0 Å². The highest BCUT2D eigenvalue weighted by molar-refractivity contribution is 5.75. The van der Waals surface area contributed by atoms with Crippen LogP contribution in [0.4, 0.5) is 0 Å². The van der Waals surface area contributed by atoms with Crippen LogP contribution in [-0.4, -0.2) is 27.6 Å². The van der Waals surface area contributed by atoms with Gasteiger partial charge in [0.2, 0.25) is 11.8 Å². The maximum Gasteiger partial charge on any atom is 0.226 e. The molecule has 0 aromatic carbocycles. The van der Waals surface area contributed by atoms with Crippen molar-refractivity contribution >= 4 is 5.91 Å². The van der Waals surface area contributed by atoms with E-state index in [2.05, 4.69) is 20.4 Å². The molecule has 6 nitrogen and oxygen atoms in total. The largest absolute Gasteiger partial charge is 0.356 e. The highest BCUT2D eigenvalue weighted by atomic mass is 16.5. The summed E-state index contributed by atoms with van der Waals surface area (Å²) in [5.74, 6) is 1.62. The van der Waals surface area contributed by atoms with Gasteiger partial charge in [-0.3, -0.25) is 9.78 Å². The Morgan fingerprint density at radius 2 is 2.18 bits per heavy atom. The lowest BCUT2D eigenvalue weighted by Crippen LogP contribution is -2.25. The Balaban J connectivity index is 1.61. The molecule has 0 radical (unpaired) electrons. The minimum absolute atomic E-state index is 0.0412. The molecule has 0 aliphatic rings. The van der Waals surface area contributed by atoms with Crippen LogP contribution >= 0.6 is 0 Å². The Bertz CT molecular complexity index is 581. The van der Waals surface area contributed by atoms with Crippen LogP contribution in [0, 0.1) is 0 Å². The minimum atomic E-state index is 0.0412. The van der Waals surface area contributed by atoms with Crippen molar-refractivity contribution < 1.29 is 9.32 Å². The molecule has 0 atom stereocenters. The monoisotopic (exact) mass is 302 g/mol. The highest BCUT2D eigenvalue weighted by Gasteiger charge is 2.10. The molecule has 0 aliphatic carbocycles. The number of carbonyl (C=O) groups excluding carboxylic acids is 1. The van der Waals surface area contributed by atoms with E-state index in [0.29, 0.717) is 31.7 Å². The predicted octanol–water partition coefficient (Wildman–Crippen LogP) is 2.27. The second kappa shape index (κ2) is 8.26. The number of rotatable bonds is 8. The molecule has 2 rings (SSSR count). The van der Waals surface area contributed by atoms with Crippen LogP contribution in [0.3, 0.4) is 0 Å². The third-order valence-corrected chi connectivity index (χ3v) is 3.22. The van der Waals surface area contributed by atoms with E-state index in [-0.39, 0.29) is 11.8 Å². The summed E-state index contributed by atoms with van der Waals surface area (Å²) in [6, 6.07) is 5.78. The summed E-state index contributed by atoms with van der Waals surface area (Å²) < 4.78 is 5.15. The van der Waals surface area contributed by atoms with E-state index in [9.17, 15) is 4.79 Å². The second-order valence-electron chi connectivity index (χ2n) is 5.48. The number of hydrogen-bond donors (Lipinski definition) is 1. The van der Waals surface area contributed by atoms with Gasteiger partial charge in [0.05, 0.1) is 0 Å². The molecule has 0 saturated heterocycles. The van der Waals surface area contributed by atoms with Crippen LogP contribution in [-0.2, 0) is 17.6 Å². The van der Waals surface area contributed by atoms with Gasteiger partial charge in [-0.25, -0.2) is 0 Å². The minimum Gasteiger partial charge on any atom is -0.356 e. The maximum atomic E-state index is 11.7. The summed E-state index contributed by atoms with van der Waals surface area (Å²) in [6.07, 6.45) is 4.30. The van der Waals surface area contributed by atoms with Crippen molar-refractivity contribution in [3.63, 3.8) is 0 Å². The third-order valence-electron chi connectivity index (χ3n) is 3.22. The van der Waals surface area contributed by atoms with Gasteiger partial charge in [0.15, 0.2) is 5.82 Å². The lowest BCUT2D eigenvalue weighted by molar-refractivity contribution is -0.121. The number of amides is 1. The third kappa shape index (κ3) is 5.27. The Morgan fingerprint density at radius 1 is 1.32 bits per heavy atom. The lowest BCUT2D eigenvalue weighted by atomic mass is 10.2. The van der Waals surface area contributed by atoms with Crippen LogP contribution < -0.4 is 5.32 Å². The first-order valence-electron chi connectivity index (χ1n) is 7.64. The molecule has 2 aromatic rings. The molecule has 22 heavy (non-hydrogen) atoms. The van der Waals surface area contributed by atoms with E-state index in [1.165, 1.54) is 0 Å². The second-order valence-corrected chi connectivity index (χ2v) is 5.48. The number of hydrogen-bond acceptors (Lipinski definition) is 5. The summed E-state index contributed by atoms with van der Waals surface area (Å²) >= 11 is 0. The van der Waals surface area contributed by atoms with Crippen LogP contribution in [0.2, 0.25) is 0 Å². The highest BCUT2D eigenvalue weighted by Crippen LogP contribution is 2.11. The van der Waals surface area contributed by atoms with E-state index < -0.39 is 0 Å². The van der Waals surface area contributed by atoms with Gasteiger partial charge in [-0.2, -0.15) is 4.98 Å². The first kappa shape index (κ1) is 16.1. The number of carbonyl (C=O) groups is 1. The Morgan fingerprint density at radius 3 is 2.86 bits per heavy atom. The summed E-state index contributed by atoms with van der Waals surface area (Å²) in [7, 11) is 0. The zero-order valence-electron chi connectivity index (χ0n) is 13.1. The van der Waals surface area contributed by atoms with Crippen molar-refractivity contribution in [1.29, 1.82) is 0 Å². The maximum absolute atomic E-state index is 11.7. The summed E-state index contributed by atoms with van der Waals surface area (Å²) in [4.78, 5) is 20.2. The van der Waals surface area contributed by atoms with Gasteiger partial charge in [0.25, 0.3) is 0 Å². The number of nitrogens with zero attached hydrogens (tertiary/aromatic N) is 3. The molecule has 0 unspecified atom stereocenters. The molecule has 0 bridgehead atoms. The fourth-order valence-corrected chi connectivity index (χ4v) is 1.97. The smallest absolute Gasteiger partial charge is 0.226 e. The van der Waals surface area contributed by atoms with E-state index in [1.54, 1.807) is 6.20 Å². The molecule has 0 fully saturated rings. The van der Waals surface area contributed by atoms with Crippen molar-refractivity contribution in [2.75, 3.05) is 6.54 Å². The van der Waals surface area contributed by atoms with E-state index in [1.807, 2.05) is 32.0 Å². The molecule has 118 valence electrons. The molecular weight excluding hydrogens is 280 g/mol. The van der Waals surface area contributed by atoms with E-state index >= 15 is 0 Å². The number of nitrogens with one attached hydrogen (secondary N) is 1. The van der Waals surface area contributed by atoms with Gasteiger partial charge in [0.1, 0.15) is 0 Å². The van der Waals surface area contributed by atoms with Crippen molar-refractivity contribution in [3.8, 4) is 0 Å². The van der Waals surface area contributed by atoms with Gasteiger partial charge in [0, 0.05) is 43.6 Å². The van der Waals surface area contributed by atoms with Crippen LogP contribution in [0.5, 0.6) is 0 Å². The molecule has 2 aromatic heterocycles. The standard InChI is InChI=1S/C16H22N4O2/c1-12(2)16-19-15(22-20-16)8-5-7-14(21)18-11-9-13-6-3-4-10-17-13/h3-4,6,10,12H,5,7-9,11H2,1-2H3,(H,18,21). The fraction of sp³-hybridized carbons (Fsp3) is 0.500. The quantitative estimate of drug-likeness (QED) is 0.809. The Labute approximate surface area is 130 Å². The summed E-state index contributed by atoms with van der Waals surface area (Å²) in [5.41, 5.74) is 0.981. The fourth-order valence-electron chi connectivity index (χ4n) is 1.97. The molecule has 0 spiro atoms. The molecular formula is C16H22N4O2. The average Bonchev–Trinajstić information content (AvgIpc) is 2.97. The summed E-state index contributed by atoms with van der Waals surface area (Å²) in [5, 5.41) is 6.80. The molecule has 0 saturated carbocycles. The normalized spacial score (nSPS) is 10.9. The molecule has 2 heterocycles. The van der Waals surface area contributed by atoms with E-state index in [4.69, 9.17) is 4.52 Å². The van der Waals surface area contributed by atoms with Crippen LogP contribution in [0.15, 0.2) is 28.9 Å². The van der Waals surface area contributed by atoms with E-state index in [0.717, 1.165) is 17.9 Å². The van der Waals surface area contributed by atoms with Crippen molar-refractivity contribution in [2.24, 2.45) is 0 Å². The molecule has 6 heteroatoms. The van der Waals surface area contributed by atoms with Gasteiger partial charge >= 0.3 is 0 Å². The van der Waals surface area contributed by atoms with Gasteiger partial charge in [-0.05, 0) is 18.6 Å². The first-order valence-corrected chi connectivity index (χ1v) is 7.64. The zero-order valence-corrected chi connectivity index (χ0v) is 13.1. The molecule has 1 amide bonds. The Hall–Kier alpha value is -2.24. The number of aryl methyl sites for hydroxylation is 1. The van der Waals surface area contributed by atoms with Crippen molar-refractivity contribution in [3.05, 3.63) is 41.8 Å². The molecule has 1 N–H and O–H groups in total. The first-order chi connectivity index (χ1) is 10.6. The van der Waals surface area contributed by atoms with Crippen molar-refractivity contribution in [2.45, 2.75) is 45.4 Å². The number of pyridine rings is 1. The Kier molecular flexibility index (Phi) is 6.06. The predicted molar refractivity (Wildman–Crippen MR) is 82.3 cm³/mol. The zero-order chi connectivity index (χ0) is 15.8. The van der Waals surface area contributed by atoms with Gasteiger partial charge in [-0.1, -0.05) is 25.1 Å². The van der Waals surface area contributed by atoms with Crippen LogP contribution in [0.1, 0.15) is 50.0 Å². The average molecular weight is 302 g/mol. The lowest BCUT2D eigenvalue weighted by Gasteiger charge is -2.04. The van der Waals surface area contributed by atoms with Gasteiger partial charge < -0.3 is 9.84 Å². The van der Waals surface area contributed by atoms with Crippen molar-refractivity contribution in [1.82, 2.24) is 20.4 Å². The van der Waals surface area contributed by atoms with Gasteiger partial charge in [-0.15, -0.1) is 0 Å². The SMILES string of the molecule is CC(C)c1noc(CCCC(=O)NCCc2ccccn2)n1. The summed E-state index contributed by atoms with van der Waals surface area (Å²) in [6.45, 7) is 4.64.